The fourth-order valence-electron chi connectivity index (χ4n) is 0.909. The van der Waals surface area contributed by atoms with Gasteiger partial charge < -0.3 is 0 Å². The monoisotopic (exact) mass is 153 g/mol. The van der Waals surface area contributed by atoms with Crippen LogP contribution >= 0.6 is 0 Å². The molecule has 0 aromatic carbocycles. The minimum atomic E-state index is 0.654. The van der Waals surface area contributed by atoms with Crippen LogP contribution in [0.1, 0.15) is 32.0 Å². The molecule has 11 heavy (non-hydrogen) atoms. The van der Waals surface area contributed by atoms with Gasteiger partial charge in [-0.1, -0.05) is 19.8 Å². The fraction of sp³-hybridized carbons (Fsp3) is 0.714. The Kier molecular flexibility index (Phi) is 3.01. The number of hydrogen-bond acceptors (Lipinski definition) is 3. The van der Waals surface area contributed by atoms with E-state index in [1.54, 1.807) is 4.68 Å². The highest BCUT2D eigenvalue weighted by atomic mass is 15.5. The van der Waals surface area contributed by atoms with Crippen molar-refractivity contribution in [3.63, 3.8) is 0 Å². The normalized spacial score (nSPS) is 10.4. The summed E-state index contributed by atoms with van der Waals surface area (Å²) in [6.45, 7) is 6.75. The van der Waals surface area contributed by atoms with E-state index in [-0.39, 0.29) is 0 Å². The van der Waals surface area contributed by atoms with Crippen LogP contribution in [-0.4, -0.2) is 20.2 Å². The predicted octanol–water partition coefficient (Wildman–Crippen LogP) is 1.05. The molecule has 0 amide bonds. The summed E-state index contributed by atoms with van der Waals surface area (Å²) < 4.78 is 1.73. The van der Waals surface area contributed by atoms with Gasteiger partial charge >= 0.3 is 0 Å². The Balaban J connectivity index is 2.32. The third-order valence-electron chi connectivity index (χ3n) is 1.58. The van der Waals surface area contributed by atoms with Crippen LogP contribution < -0.4 is 0 Å². The molecule has 0 unspecified atom stereocenters. The number of tetrazole rings is 1. The molecule has 1 aromatic rings. The number of rotatable bonds is 4. The molecule has 0 spiro atoms. The van der Waals surface area contributed by atoms with E-state index < -0.39 is 0 Å². The van der Waals surface area contributed by atoms with Gasteiger partial charge in [-0.15, -0.1) is 5.10 Å². The van der Waals surface area contributed by atoms with Gasteiger partial charge in [-0.3, -0.25) is 0 Å². The minimum absolute atomic E-state index is 0.654. The molecule has 4 heteroatoms. The molecule has 0 saturated heterocycles. The molecule has 1 heterocycles. The van der Waals surface area contributed by atoms with E-state index in [1.807, 2.05) is 0 Å². The second kappa shape index (κ2) is 4.05. The molecule has 0 bridgehead atoms. The Morgan fingerprint density at radius 2 is 2.27 bits per heavy atom. The van der Waals surface area contributed by atoms with Crippen molar-refractivity contribution in [2.24, 2.45) is 0 Å². The van der Waals surface area contributed by atoms with E-state index in [0.717, 1.165) is 13.0 Å². The van der Waals surface area contributed by atoms with Gasteiger partial charge in [0.25, 0.3) is 0 Å². The fourth-order valence-corrected chi connectivity index (χ4v) is 0.909. The van der Waals surface area contributed by atoms with E-state index >= 15 is 0 Å². The van der Waals surface area contributed by atoms with Crippen LogP contribution in [0.15, 0.2) is 0 Å². The van der Waals surface area contributed by atoms with Crippen molar-refractivity contribution in [1.82, 2.24) is 20.2 Å². The van der Waals surface area contributed by atoms with Crippen LogP contribution in [-0.2, 0) is 6.54 Å². The van der Waals surface area contributed by atoms with Gasteiger partial charge in [0.2, 0.25) is 0 Å². The van der Waals surface area contributed by atoms with Crippen LogP contribution in [0.2, 0.25) is 0 Å². The van der Waals surface area contributed by atoms with Gasteiger partial charge in [0.1, 0.15) is 0 Å². The minimum Gasteiger partial charge on any atom is -0.230 e. The standard InChI is InChI=1S/C7H13N4/c1-3-4-5-6-11-7(2)8-9-10-11/h2-6H2,1H3. The molecule has 0 saturated carbocycles. The zero-order chi connectivity index (χ0) is 8.10. The zero-order valence-corrected chi connectivity index (χ0v) is 6.82. The first-order chi connectivity index (χ1) is 5.34. The lowest BCUT2D eigenvalue weighted by molar-refractivity contribution is 0.532. The summed E-state index contributed by atoms with van der Waals surface area (Å²) in [6.07, 6.45) is 3.57. The van der Waals surface area contributed by atoms with Crippen molar-refractivity contribution >= 4 is 0 Å². The second-order valence-corrected chi connectivity index (χ2v) is 2.53. The summed E-state index contributed by atoms with van der Waals surface area (Å²) in [4.78, 5) is 0. The van der Waals surface area contributed by atoms with Crippen molar-refractivity contribution in [2.75, 3.05) is 0 Å². The summed E-state index contributed by atoms with van der Waals surface area (Å²) in [7, 11) is 0. The van der Waals surface area contributed by atoms with Gasteiger partial charge in [-0.05, 0) is 16.8 Å². The van der Waals surface area contributed by atoms with Crippen molar-refractivity contribution in [1.29, 1.82) is 0 Å². The van der Waals surface area contributed by atoms with Crippen molar-refractivity contribution < 1.29 is 0 Å². The highest BCUT2D eigenvalue weighted by molar-refractivity contribution is 4.83. The van der Waals surface area contributed by atoms with Gasteiger partial charge in [0.15, 0.2) is 5.82 Å². The van der Waals surface area contributed by atoms with E-state index in [9.17, 15) is 0 Å². The number of nitrogens with zero attached hydrogens (tertiary/aromatic N) is 4. The molecule has 0 aliphatic rings. The molecular weight excluding hydrogens is 140 g/mol. The Morgan fingerprint density at radius 1 is 1.45 bits per heavy atom. The average molecular weight is 153 g/mol. The molecule has 0 aliphatic heterocycles. The van der Waals surface area contributed by atoms with E-state index in [0.29, 0.717) is 5.82 Å². The maximum absolute atomic E-state index is 3.78. The Bertz CT molecular complexity index is 206. The summed E-state index contributed by atoms with van der Waals surface area (Å²) in [6, 6.07) is 0. The highest BCUT2D eigenvalue weighted by Crippen LogP contribution is 1.97. The molecular formula is C7H13N4. The molecule has 61 valence electrons. The van der Waals surface area contributed by atoms with Gasteiger partial charge in [0, 0.05) is 13.5 Å². The van der Waals surface area contributed by atoms with Gasteiger partial charge in [-0.25, -0.2) is 4.68 Å². The van der Waals surface area contributed by atoms with Gasteiger partial charge in [0.05, 0.1) is 0 Å². The largest absolute Gasteiger partial charge is 0.230 e. The van der Waals surface area contributed by atoms with E-state index in [4.69, 9.17) is 0 Å². The topological polar surface area (TPSA) is 43.6 Å². The molecule has 1 radical (unpaired) electrons. The molecule has 0 atom stereocenters. The van der Waals surface area contributed by atoms with Crippen LogP contribution in [0.5, 0.6) is 0 Å². The summed E-state index contributed by atoms with van der Waals surface area (Å²) in [5.41, 5.74) is 0. The highest BCUT2D eigenvalue weighted by Gasteiger charge is 1.97. The molecule has 1 rings (SSSR count). The molecule has 0 N–H and O–H groups in total. The van der Waals surface area contributed by atoms with Crippen molar-refractivity contribution in [3.05, 3.63) is 12.7 Å². The lowest BCUT2D eigenvalue weighted by Gasteiger charge is -1.98. The van der Waals surface area contributed by atoms with E-state index in [1.165, 1.54) is 12.8 Å². The molecule has 4 nitrogen and oxygen atoms in total. The number of hydrogen-bond donors (Lipinski definition) is 0. The maximum atomic E-state index is 3.78. The smallest absolute Gasteiger partial charge is 0.151 e. The van der Waals surface area contributed by atoms with Crippen molar-refractivity contribution in [2.45, 2.75) is 32.7 Å². The number of aryl methyl sites for hydroxylation is 1. The first-order valence-electron chi connectivity index (χ1n) is 3.92. The third-order valence-corrected chi connectivity index (χ3v) is 1.58. The average Bonchev–Trinajstić information content (AvgIpc) is 2.37. The van der Waals surface area contributed by atoms with Crippen LogP contribution in [0, 0.1) is 6.92 Å². The number of unbranched alkanes of at least 4 members (excludes halogenated alkanes) is 2. The first kappa shape index (κ1) is 8.17. The second-order valence-electron chi connectivity index (χ2n) is 2.53. The van der Waals surface area contributed by atoms with Crippen LogP contribution in [0.25, 0.3) is 0 Å². The SMILES string of the molecule is [CH2]c1nnnn1CCCCC. The van der Waals surface area contributed by atoms with Gasteiger partial charge in [-0.2, -0.15) is 0 Å². The molecule has 1 aromatic heterocycles. The summed E-state index contributed by atoms with van der Waals surface area (Å²) in [5, 5.41) is 11.0. The van der Waals surface area contributed by atoms with Crippen LogP contribution in [0.3, 0.4) is 0 Å². The first-order valence-corrected chi connectivity index (χ1v) is 3.92. The summed E-state index contributed by atoms with van der Waals surface area (Å²) >= 11 is 0. The Hall–Kier alpha value is -0.930. The summed E-state index contributed by atoms with van der Waals surface area (Å²) in [5.74, 6) is 0.654. The Morgan fingerprint density at radius 3 is 2.82 bits per heavy atom. The predicted molar refractivity (Wildman–Crippen MR) is 41.8 cm³/mol. The molecule has 0 fully saturated rings. The third kappa shape index (κ3) is 2.29. The van der Waals surface area contributed by atoms with Crippen molar-refractivity contribution in [3.8, 4) is 0 Å². The zero-order valence-electron chi connectivity index (χ0n) is 6.82. The lowest BCUT2D eigenvalue weighted by Crippen LogP contribution is -2.02. The Labute approximate surface area is 66.6 Å². The number of aromatic nitrogens is 4. The van der Waals surface area contributed by atoms with Crippen LogP contribution in [0.4, 0.5) is 0 Å². The quantitative estimate of drug-likeness (QED) is 0.607. The molecule has 0 aliphatic carbocycles. The maximum Gasteiger partial charge on any atom is 0.151 e. The lowest BCUT2D eigenvalue weighted by atomic mass is 10.2. The van der Waals surface area contributed by atoms with E-state index in [2.05, 4.69) is 29.4 Å².